The van der Waals surface area contributed by atoms with Crippen LogP contribution in [-0.2, 0) is 20.6 Å². The van der Waals surface area contributed by atoms with E-state index in [2.05, 4.69) is 20.3 Å². The van der Waals surface area contributed by atoms with Crippen LogP contribution in [-0.4, -0.2) is 46.0 Å². The van der Waals surface area contributed by atoms with Crippen molar-refractivity contribution in [1.29, 1.82) is 0 Å². The Kier molecular flexibility index (Phi) is 6.84. The predicted molar refractivity (Wildman–Crippen MR) is 146 cm³/mol. The minimum atomic E-state index is -1.67. The van der Waals surface area contributed by atoms with E-state index in [-0.39, 0.29) is 34.1 Å². The Labute approximate surface area is 232 Å². The molecule has 0 radical (unpaired) electrons. The first-order valence-corrected chi connectivity index (χ1v) is 14.2. The van der Waals surface area contributed by atoms with E-state index in [4.69, 9.17) is 9.26 Å². The molecule has 1 aliphatic heterocycles. The van der Waals surface area contributed by atoms with E-state index in [0.29, 0.717) is 44.0 Å². The molecule has 3 heterocycles. The van der Waals surface area contributed by atoms with Gasteiger partial charge in [0, 0.05) is 48.4 Å². The van der Waals surface area contributed by atoms with Crippen LogP contribution in [0.3, 0.4) is 0 Å². The summed E-state index contributed by atoms with van der Waals surface area (Å²) in [5.41, 5.74) is 0.227. The van der Waals surface area contributed by atoms with E-state index < -0.39 is 5.67 Å². The average Bonchev–Trinajstić information content (AvgIpc) is 3.50. The van der Waals surface area contributed by atoms with E-state index in [9.17, 15) is 14.0 Å². The number of rotatable bonds is 7. The summed E-state index contributed by atoms with van der Waals surface area (Å²) in [4.78, 5) is 32.4. The minimum absolute atomic E-state index is 0.0179. The highest BCUT2D eigenvalue weighted by atomic mass is 19.1. The molecule has 4 aliphatic rings. The molecule has 1 N–H and O–H groups in total. The number of amides is 1. The number of fused-ring (bicyclic) bond motifs is 3. The van der Waals surface area contributed by atoms with Crippen LogP contribution in [0.2, 0.25) is 0 Å². The van der Waals surface area contributed by atoms with Crippen LogP contribution in [0.4, 0.5) is 10.1 Å². The standard InChI is InChI=1S/C30H36FN5O4/c1-28(2,31)27-33-26(35-40-27)30-11-8-29(9-12-30,10-13-30)19-36(25(38)20-6-14-39-15-7-20)23-5-3-4-21(16-23)22-17-24(37)34-32-18-22/h3-5,16-18,20H,6-15,19H2,1-2H3,(H,34,37). The largest absolute Gasteiger partial charge is 0.381 e. The van der Waals surface area contributed by atoms with Gasteiger partial charge in [-0.3, -0.25) is 9.59 Å². The fourth-order valence-electron chi connectivity index (χ4n) is 6.70. The molecule has 10 heteroatoms. The van der Waals surface area contributed by atoms with Gasteiger partial charge in [-0.2, -0.15) is 10.1 Å². The summed E-state index contributed by atoms with van der Waals surface area (Å²) in [6.45, 7) is 4.68. The van der Waals surface area contributed by atoms with Crippen molar-refractivity contribution in [1.82, 2.24) is 20.3 Å². The van der Waals surface area contributed by atoms with Crippen molar-refractivity contribution in [2.45, 2.75) is 76.3 Å². The number of H-pyrrole nitrogens is 1. The third-order valence-electron chi connectivity index (χ3n) is 9.30. The molecular formula is C30H36FN5O4. The summed E-state index contributed by atoms with van der Waals surface area (Å²) in [6, 6.07) is 9.35. The molecule has 1 amide bonds. The van der Waals surface area contributed by atoms with Crippen molar-refractivity contribution in [3.63, 3.8) is 0 Å². The molecule has 1 saturated heterocycles. The molecule has 3 aliphatic carbocycles. The number of halogens is 1. The third-order valence-corrected chi connectivity index (χ3v) is 9.30. The van der Waals surface area contributed by atoms with Gasteiger partial charge in [-0.25, -0.2) is 9.49 Å². The van der Waals surface area contributed by atoms with Crippen LogP contribution in [0.5, 0.6) is 0 Å². The topological polar surface area (TPSA) is 114 Å². The van der Waals surface area contributed by atoms with Crippen LogP contribution < -0.4 is 10.5 Å². The van der Waals surface area contributed by atoms with E-state index >= 15 is 0 Å². The van der Waals surface area contributed by atoms with Gasteiger partial charge in [-0.05, 0) is 88.3 Å². The lowest BCUT2D eigenvalue weighted by molar-refractivity contribution is -0.126. The molecule has 3 aromatic rings. The zero-order valence-electron chi connectivity index (χ0n) is 23.1. The second-order valence-corrected chi connectivity index (χ2v) is 12.4. The van der Waals surface area contributed by atoms with E-state index in [1.165, 1.54) is 19.9 Å². The Morgan fingerprint density at radius 3 is 2.48 bits per heavy atom. The van der Waals surface area contributed by atoms with Gasteiger partial charge in [-0.15, -0.1) is 0 Å². The predicted octanol–water partition coefficient (Wildman–Crippen LogP) is 5.08. The van der Waals surface area contributed by atoms with E-state index in [1.54, 1.807) is 6.20 Å². The summed E-state index contributed by atoms with van der Waals surface area (Å²) in [5, 5.41) is 10.6. The minimum Gasteiger partial charge on any atom is -0.381 e. The van der Waals surface area contributed by atoms with Crippen molar-refractivity contribution >= 4 is 11.6 Å². The molecule has 3 saturated carbocycles. The van der Waals surface area contributed by atoms with Crippen molar-refractivity contribution in [3.8, 4) is 11.1 Å². The van der Waals surface area contributed by atoms with Crippen LogP contribution in [0.1, 0.15) is 76.9 Å². The molecule has 9 nitrogen and oxygen atoms in total. The SMILES string of the molecule is CC(C)(F)c1nc(C23CCC(CN(C(=O)C4CCOCC4)c4cccc(-c5cn[nH]c(=O)c5)c4)(CC2)CC3)no1. The molecule has 2 bridgehead atoms. The first-order valence-electron chi connectivity index (χ1n) is 14.2. The molecule has 4 fully saturated rings. The molecule has 2 aromatic heterocycles. The van der Waals surface area contributed by atoms with Gasteiger partial charge in [0.1, 0.15) is 0 Å². The molecule has 40 heavy (non-hydrogen) atoms. The molecule has 0 atom stereocenters. The fourth-order valence-corrected chi connectivity index (χ4v) is 6.70. The smallest absolute Gasteiger partial charge is 0.264 e. The number of alkyl halides is 1. The van der Waals surface area contributed by atoms with E-state index in [1.807, 2.05) is 29.2 Å². The second kappa shape index (κ2) is 10.2. The molecule has 212 valence electrons. The summed E-state index contributed by atoms with van der Waals surface area (Å²) in [7, 11) is 0. The van der Waals surface area contributed by atoms with Gasteiger partial charge >= 0.3 is 0 Å². The number of ether oxygens (including phenoxy) is 1. The van der Waals surface area contributed by atoms with E-state index in [0.717, 1.165) is 49.8 Å². The summed E-state index contributed by atoms with van der Waals surface area (Å²) < 4.78 is 25.3. The highest BCUT2D eigenvalue weighted by molar-refractivity contribution is 5.96. The number of nitrogens with one attached hydrogen (secondary N) is 1. The number of benzene rings is 1. The Morgan fingerprint density at radius 2 is 1.82 bits per heavy atom. The summed E-state index contributed by atoms with van der Waals surface area (Å²) in [5.74, 6) is 0.705. The number of carbonyl (C=O) groups excluding carboxylic acids is 1. The Morgan fingerprint density at radius 1 is 1.10 bits per heavy atom. The maximum absolute atomic E-state index is 14.4. The van der Waals surface area contributed by atoms with Crippen molar-refractivity contribution in [2.24, 2.45) is 11.3 Å². The molecule has 0 spiro atoms. The number of hydrogen-bond donors (Lipinski definition) is 1. The Bertz CT molecular complexity index is 1410. The number of aromatic nitrogens is 4. The normalized spacial score (nSPS) is 25.2. The van der Waals surface area contributed by atoms with Crippen molar-refractivity contribution in [3.05, 3.63) is 58.6 Å². The number of anilines is 1. The lowest BCUT2D eigenvalue weighted by Gasteiger charge is -2.53. The van der Waals surface area contributed by atoms with Crippen LogP contribution >= 0.6 is 0 Å². The van der Waals surface area contributed by atoms with Crippen molar-refractivity contribution < 1.29 is 18.4 Å². The van der Waals surface area contributed by atoms with Crippen LogP contribution in [0.25, 0.3) is 11.1 Å². The highest BCUT2D eigenvalue weighted by Gasteiger charge is 2.53. The Hall–Kier alpha value is -3.40. The molecule has 1 aromatic carbocycles. The number of hydrogen-bond acceptors (Lipinski definition) is 7. The lowest BCUT2D eigenvalue weighted by Crippen LogP contribution is -2.52. The molecule has 0 unspecified atom stereocenters. The second-order valence-electron chi connectivity index (χ2n) is 12.4. The van der Waals surface area contributed by atoms with Gasteiger partial charge in [0.2, 0.25) is 5.91 Å². The van der Waals surface area contributed by atoms with Gasteiger partial charge in [0.05, 0.1) is 6.20 Å². The highest BCUT2D eigenvalue weighted by Crippen LogP contribution is 2.57. The third kappa shape index (κ3) is 5.09. The molecule has 7 rings (SSSR count). The summed E-state index contributed by atoms with van der Waals surface area (Å²) >= 11 is 0. The quantitative estimate of drug-likeness (QED) is 0.437. The summed E-state index contributed by atoms with van der Waals surface area (Å²) in [6.07, 6.45) is 8.52. The lowest BCUT2D eigenvalue weighted by atomic mass is 9.53. The maximum Gasteiger partial charge on any atom is 0.264 e. The number of nitrogens with zero attached hydrogens (tertiary/aromatic N) is 4. The number of carbonyl (C=O) groups is 1. The zero-order chi connectivity index (χ0) is 28.0. The van der Waals surface area contributed by atoms with Crippen molar-refractivity contribution in [2.75, 3.05) is 24.7 Å². The average molecular weight is 550 g/mol. The fraction of sp³-hybridized carbons (Fsp3) is 0.567. The Balaban J connectivity index is 1.27. The van der Waals surface area contributed by atoms with Gasteiger partial charge < -0.3 is 14.2 Å². The zero-order valence-corrected chi connectivity index (χ0v) is 23.1. The first kappa shape index (κ1) is 26.8. The monoisotopic (exact) mass is 549 g/mol. The van der Waals surface area contributed by atoms with Gasteiger partial charge in [-0.1, -0.05) is 17.3 Å². The first-order chi connectivity index (χ1) is 19.2. The van der Waals surface area contributed by atoms with Crippen LogP contribution in [0, 0.1) is 11.3 Å². The van der Waals surface area contributed by atoms with Gasteiger partial charge in [0.25, 0.3) is 11.4 Å². The van der Waals surface area contributed by atoms with Gasteiger partial charge in [0.15, 0.2) is 11.5 Å². The number of aromatic amines is 1. The molecular weight excluding hydrogens is 513 g/mol. The maximum atomic E-state index is 14.4. The van der Waals surface area contributed by atoms with Crippen LogP contribution in [0.15, 0.2) is 45.8 Å².